The first-order chi connectivity index (χ1) is 24.2. The SMILES string of the molecule is CCN(CC)c1ccc2c(c1)Oc1cc(N(CC)CC)ccc1C21OC(=O)c2ccc(CNC(=S)NCCNC(=O)c3cccc(C)c3)cc21. The largest absolute Gasteiger partial charge is 0.456 e. The van der Waals surface area contributed by atoms with Gasteiger partial charge in [0.1, 0.15) is 11.5 Å². The van der Waals surface area contributed by atoms with Crippen molar-refractivity contribution in [3.8, 4) is 11.5 Å². The Balaban J connectivity index is 1.26. The first-order valence-corrected chi connectivity index (χ1v) is 17.8. The van der Waals surface area contributed by atoms with Crippen molar-refractivity contribution in [2.75, 3.05) is 49.1 Å². The Hall–Kier alpha value is -5.09. The van der Waals surface area contributed by atoms with Crippen LogP contribution in [0.25, 0.3) is 0 Å². The number of rotatable bonds is 12. The fourth-order valence-electron chi connectivity index (χ4n) is 6.91. The molecule has 2 aliphatic heterocycles. The highest BCUT2D eigenvalue weighted by atomic mass is 32.1. The first kappa shape index (κ1) is 34.8. The van der Waals surface area contributed by atoms with E-state index in [0.29, 0.717) is 47.4 Å². The lowest BCUT2D eigenvalue weighted by Crippen LogP contribution is -2.39. The molecule has 0 atom stereocenters. The molecule has 1 amide bonds. The summed E-state index contributed by atoms with van der Waals surface area (Å²) in [5, 5.41) is 9.82. The fraction of sp³-hybridized carbons (Fsp3) is 0.325. The van der Waals surface area contributed by atoms with Crippen LogP contribution in [0.5, 0.6) is 11.5 Å². The molecular formula is C40H45N5O4S. The summed E-state index contributed by atoms with van der Waals surface area (Å²) in [6.07, 6.45) is 0. The summed E-state index contributed by atoms with van der Waals surface area (Å²) in [5.74, 6) is 0.845. The Kier molecular flexibility index (Phi) is 10.3. The molecule has 260 valence electrons. The molecule has 0 radical (unpaired) electrons. The lowest BCUT2D eigenvalue weighted by molar-refractivity contribution is 0.0224. The molecule has 10 heteroatoms. The summed E-state index contributed by atoms with van der Waals surface area (Å²) in [5.41, 5.74) is 6.40. The van der Waals surface area contributed by atoms with Crippen LogP contribution in [0, 0.1) is 6.92 Å². The maximum atomic E-state index is 13.6. The Labute approximate surface area is 300 Å². The smallest absolute Gasteiger partial charge is 0.340 e. The molecule has 0 aromatic heterocycles. The number of benzene rings is 4. The number of amides is 1. The van der Waals surface area contributed by atoms with E-state index in [1.807, 2.05) is 55.5 Å². The van der Waals surface area contributed by atoms with E-state index < -0.39 is 5.60 Å². The summed E-state index contributed by atoms with van der Waals surface area (Å²) in [6, 6.07) is 25.6. The number of ether oxygens (including phenoxy) is 2. The number of fused-ring (bicyclic) bond motifs is 6. The van der Waals surface area contributed by atoms with E-state index in [0.717, 1.165) is 65.4 Å². The number of carbonyl (C=O) groups excluding carboxylic acids is 2. The average molecular weight is 692 g/mol. The summed E-state index contributed by atoms with van der Waals surface area (Å²) < 4.78 is 13.2. The topological polar surface area (TPSA) is 95.2 Å². The molecule has 0 fully saturated rings. The third-order valence-electron chi connectivity index (χ3n) is 9.52. The summed E-state index contributed by atoms with van der Waals surface area (Å²) in [7, 11) is 0. The van der Waals surface area contributed by atoms with Gasteiger partial charge in [-0.25, -0.2) is 4.79 Å². The minimum Gasteiger partial charge on any atom is -0.456 e. The number of aryl methyl sites for hydroxylation is 1. The van der Waals surface area contributed by atoms with Crippen molar-refractivity contribution < 1.29 is 19.1 Å². The number of carbonyl (C=O) groups is 2. The van der Waals surface area contributed by atoms with Gasteiger partial charge in [0, 0.05) is 91.6 Å². The van der Waals surface area contributed by atoms with Gasteiger partial charge in [-0.05, 0) is 101 Å². The molecule has 2 aliphatic rings. The second-order valence-corrected chi connectivity index (χ2v) is 12.9. The molecule has 3 N–H and O–H groups in total. The quantitative estimate of drug-likeness (QED) is 0.0858. The number of thiocarbonyl (C=S) groups is 1. The third kappa shape index (κ3) is 6.59. The third-order valence-corrected chi connectivity index (χ3v) is 9.81. The van der Waals surface area contributed by atoms with Crippen LogP contribution in [-0.4, -0.2) is 56.3 Å². The van der Waals surface area contributed by atoms with Crippen molar-refractivity contribution in [2.45, 2.75) is 46.8 Å². The van der Waals surface area contributed by atoms with Gasteiger partial charge in [0.15, 0.2) is 10.7 Å². The van der Waals surface area contributed by atoms with Crippen LogP contribution in [0.1, 0.15) is 76.2 Å². The molecule has 4 aromatic carbocycles. The number of nitrogens with zero attached hydrogens (tertiary/aromatic N) is 2. The van der Waals surface area contributed by atoms with Gasteiger partial charge in [-0.15, -0.1) is 0 Å². The standard InChI is InChI=1S/C40H45N5O4S/c1-6-44(7-2)29-14-17-32-35(23-29)48-36-24-30(45(8-3)9-4)15-18-33(36)40(32)34-22-27(13-16-31(34)38(47)49-40)25-43-39(50)42-20-19-41-37(46)28-12-10-11-26(5)21-28/h10-18,21-24H,6-9,19-20,25H2,1-5H3,(H,41,46)(H2,42,43,50). The van der Waals surface area contributed by atoms with E-state index >= 15 is 0 Å². The molecule has 0 unspecified atom stereocenters. The van der Waals surface area contributed by atoms with Crippen molar-refractivity contribution in [1.82, 2.24) is 16.0 Å². The van der Waals surface area contributed by atoms with E-state index in [-0.39, 0.29) is 11.9 Å². The molecule has 50 heavy (non-hydrogen) atoms. The summed E-state index contributed by atoms with van der Waals surface area (Å²) >= 11 is 5.55. The van der Waals surface area contributed by atoms with Crippen LogP contribution in [0.2, 0.25) is 0 Å². The van der Waals surface area contributed by atoms with Gasteiger partial charge in [0.05, 0.1) is 5.56 Å². The van der Waals surface area contributed by atoms with Crippen LogP contribution in [0.3, 0.4) is 0 Å². The van der Waals surface area contributed by atoms with E-state index in [4.69, 9.17) is 21.7 Å². The molecule has 0 saturated carbocycles. The van der Waals surface area contributed by atoms with Gasteiger partial charge >= 0.3 is 5.97 Å². The van der Waals surface area contributed by atoms with Crippen molar-refractivity contribution >= 4 is 40.6 Å². The van der Waals surface area contributed by atoms with Crippen LogP contribution >= 0.6 is 12.2 Å². The van der Waals surface area contributed by atoms with Crippen LogP contribution in [0.15, 0.2) is 78.9 Å². The van der Waals surface area contributed by atoms with Crippen molar-refractivity contribution in [1.29, 1.82) is 0 Å². The zero-order valence-electron chi connectivity index (χ0n) is 29.4. The van der Waals surface area contributed by atoms with E-state index in [1.165, 1.54) is 0 Å². The highest BCUT2D eigenvalue weighted by Gasteiger charge is 2.53. The molecule has 2 heterocycles. The normalized spacial score (nSPS) is 13.3. The summed E-state index contributed by atoms with van der Waals surface area (Å²) in [4.78, 5) is 30.6. The van der Waals surface area contributed by atoms with Gasteiger partial charge in [0.25, 0.3) is 5.91 Å². The van der Waals surface area contributed by atoms with Gasteiger partial charge in [-0.2, -0.15) is 0 Å². The minimum atomic E-state index is -1.18. The van der Waals surface area contributed by atoms with Crippen LogP contribution < -0.4 is 30.5 Å². The molecule has 4 aromatic rings. The monoisotopic (exact) mass is 691 g/mol. The van der Waals surface area contributed by atoms with Crippen molar-refractivity contribution in [3.05, 3.63) is 118 Å². The highest BCUT2D eigenvalue weighted by Crippen LogP contribution is 2.57. The molecule has 1 spiro atoms. The van der Waals surface area contributed by atoms with Crippen LogP contribution in [-0.2, 0) is 16.9 Å². The molecule has 0 saturated heterocycles. The van der Waals surface area contributed by atoms with Crippen LogP contribution in [0.4, 0.5) is 11.4 Å². The maximum Gasteiger partial charge on any atom is 0.340 e. The molecule has 6 rings (SSSR count). The van der Waals surface area contributed by atoms with Gasteiger partial charge in [-0.3, -0.25) is 4.79 Å². The van der Waals surface area contributed by atoms with E-state index in [2.05, 4.69) is 77.7 Å². The second-order valence-electron chi connectivity index (χ2n) is 12.5. The lowest BCUT2D eigenvalue weighted by Gasteiger charge is -2.38. The zero-order valence-corrected chi connectivity index (χ0v) is 30.2. The van der Waals surface area contributed by atoms with Gasteiger partial charge in [-0.1, -0.05) is 23.8 Å². The van der Waals surface area contributed by atoms with Crippen molar-refractivity contribution in [3.63, 3.8) is 0 Å². The Morgan fingerprint density at radius 2 is 1.36 bits per heavy atom. The second kappa shape index (κ2) is 14.8. The first-order valence-electron chi connectivity index (χ1n) is 17.4. The minimum absolute atomic E-state index is 0.122. The van der Waals surface area contributed by atoms with Gasteiger partial charge < -0.3 is 35.2 Å². The predicted molar refractivity (Wildman–Crippen MR) is 203 cm³/mol. The number of hydrogen-bond acceptors (Lipinski definition) is 7. The van der Waals surface area contributed by atoms with Gasteiger partial charge in [0.2, 0.25) is 0 Å². The summed E-state index contributed by atoms with van der Waals surface area (Å²) in [6.45, 7) is 15.2. The Bertz CT molecular complexity index is 1860. The lowest BCUT2D eigenvalue weighted by atomic mass is 9.77. The molecule has 9 nitrogen and oxygen atoms in total. The molecular weight excluding hydrogens is 647 g/mol. The molecule has 0 bridgehead atoms. The predicted octanol–water partition coefficient (Wildman–Crippen LogP) is 6.65. The maximum absolute atomic E-state index is 13.6. The Morgan fingerprint density at radius 3 is 1.96 bits per heavy atom. The zero-order chi connectivity index (χ0) is 35.4. The number of esters is 1. The number of anilines is 2. The highest BCUT2D eigenvalue weighted by molar-refractivity contribution is 7.80. The van der Waals surface area contributed by atoms with E-state index in [9.17, 15) is 9.59 Å². The number of hydrogen-bond donors (Lipinski definition) is 3. The number of nitrogens with one attached hydrogen (secondary N) is 3. The average Bonchev–Trinajstić information content (AvgIpc) is 3.41. The fourth-order valence-corrected chi connectivity index (χ4v) is 7.09. The Morgan fingerprint density at radius 1 is 0.740 bits per heavy atom. The molecule has 0 aliphatic carbocycles. The van der Waals surface area contributed by atoms with E-state index in [1.54, 1.807) is 6.07 Å². The van der Waals surface area contributed by atoms with Crippen molar-refractivity contribution in [2.24, 2.45) is 0 Å².